The zero-order valence-electron chi connectivity index (χ0n) is 9.26. The predicted molar refractivity (Wildman–Crippen MR) is 63.8 cm³/mol. The van der Waals surface area contributed by atoms with Crippen molar-refractivity contribution in [3.8, 4) is 5.75 Å². The van der Waals surface area contributed by atoms with Gasteiger partial charge < -0.3 is 9.47 Å². The minimum absolute atomic E-state index is 0.436. The number of fused-ring (bicyclic) bond motifs is 1. The van der Waals surface area contributed by atoms with Crippen molar-refractivity contribution in [1.82, 2.24) is 0 Å². The number of ether oxygens (including phenoxy) is 2. The van der Waals surface area contributed by atoms with Gasteiger partial charge in [0, 0.05) is 5.56 Å². The molecule has 1 heterocycles. The molecule has 86 valence electrons. The number of amides is 1. The van der Waals surface area contributed by atoms with Gasteiger partial charge in [-0.3, -0.25) is 5.32 Å². The molecule has 0 saturated carbocycles. The number of rotatable bonds is 1. The minimum Gasteiger partial charge on any atom is -0.496 e. The lowest BCUT2D eigenvalue weighted by molar-refractivity contribution is 0.0418. The Kier molecular flexibility index (Phi) is 2.58. The van der Waals surface area contributed by atoms with Crippen LogP contribution >= 0.6 is 15.9 Å². The standard InChI is InChI=1S/C11H12BrNO3/c1-11(2)6-4-9(15-3)7(12)5-8(6)13-10(14)16-11/h4-5H,1-3H3,(H,13,14). The zero-order chi connectivity index (χ0) is 11.9. The van der Waals surface area contributed by atoms with Gasteiger partial charge in [0.15, 0.2) is 0 Å². The van der Waals surface area contributed by atoms with Gasteiger partial charge in [-0.2, -0.15) is 0 Å². The molecular formula is C11H12BrNO3. The van der Waals surface area contributed by atoms with Gasteiger partial charge in [0.2, 0.25) is 0 Å². The van der Waals surface area contributed by atoms with Gasteiger partial charge >= 0.3 is 6.09 Å². The first kappa shape index (κ1) is 11.3. The Morgan fingerprint density at radius 2 is 2.12 bits per heavy atom. The lowest BCUT2D eigenvalue weighted by Gasteiger charge is -2.32. The Balaban J connectivity index is 2.60. The summed E-state index contributed by atoms with van der Waals surface area (Å²) < 4.78 is 11.2. The molecular weight excluding hydrogens is 274 g/mol. The van der Waals surface area contributed by atoms with Crippen molar-refractivity contribution in [3.05, 3.63) is 22.2 Å². The fraction of sp³-hybridized carbons (Fsp3) is 0.364. The highest BCUT2D eigenvalue weighted by Crippen LogP contribution is 2.40. The van der Waals surface area contributed by atoms with E-state index in [0.29, 0.717) is 5.75 Å². The maximum Gasteiger partial charge on any atom is 0.412 e. The number of hydrogen-bond donors (Lipinski definition) is 1. The largest absolute Gasteiger partial charge is 0.496 e. The normalized spacial score (nSPS) is 17.1. The maximum atomic E-state index is 11.3. The van der Waals surface area contributed by atoms with Crippen LogP contribution in [0.4, 0.5) is 10.5 Å². The molecule has 1 aromatic rings. The highest BCUT2D eigenvalue weighted by Gasteiger charge is 2.34. The van der Waals surface area contributed by atoms with Crippen LogP contribution in [0, 0.1) is 0 Å². The molecule has 0 unspecified atom stereocenters. The van der Waals surface area contributed by atoms with Crippen LogP contribution in [0.1, 0.15) is 19.4 Å². The summed E-state index contributed by atoms with van der Waals surface area (Å²) in [5.41, 5.74) is 0.993. The predicted octanol–water partition coefficient (Wildman–Crippen LogP) is 3.25. The average molecular weight is 286 g/mol. The van der Waals surface area contributed by atoms with Crippen molar-refractivity contribution < 1.29 is 14.3 Å². The van der Waals surface area contributed by atoms with Crippen molar-refractivity contribution >= 4 is 27.7 Å². The van der Waals surface area contributed by atoms with E-state index in [1.807, 2.05) is 26.0 Å². The first-order valence-corrected chi connectivity index (χ1v) is 5.61. The van der Waals surface area contributed by atoms with Gasteiger partial charge in [0.25, 0.3) is 0 Å². The van der Waals surface area contributed by atoms with E-state index in [1.165, 1.54) is 0 Å². The summed E-state index contributed by atoms with van der Waals surface area (Å²) in [5.74, 6) is 0.714. The molecule has 4 nitrogen and oxygen atoms in total. The summed E-state index contributed by atoms with van der Waals surface area (Å²) >= 11 is 3.38. The summed E-state index contributed by atoms with van der Waals surface area (Å²) in [7, 11) is 1.60. The van der Waals surface area contributed by atoms with Crippen molar-refractivity contribution in [1.29, 1.82) is 0 Å². The first-order valence-electron chi connectivity index (χ1n) is 4.82. The van der Waals surface area contributed by atoms with Crippen molar-refractivity contribution in [2.75, 3.05) is 12.4 Å². The van der Waals surface area contributed by atoms with E-state index in [0.717, 1.165) is 15.7 Å². The minimum atomic E-state index is -0.647. The fourth-order valence-corrected chi connectivity index (χ4v) is 2.24. The van der Waals surface area contributed by atoms with Crippen LogP contribution in [0.5, 0.6) is 5.75 Å². The molecule has 1 aliphatic heterocycles. The molecule has 2 rings (SSSR count). The molecule has 0 aliphatic carbocycles. The molecule has 0 bridgehead atoms. The monoisotopic (exact) mass is 285 g/mol. The van der Waals surface area contributed by atoms with Crippen LogP contribution in [0.2, 0.25) is 0 Å². The topological polar surface area (TPSA) is 47.6 Å². The number of methoxy groups -OCH3 is 1. The van der Waals surface area contributed by atoms with Crippen LogP contribution in [0.3, 0.4) is 0 Å². The molecule has 0 aromatic heterocycles. The average Bonchev–Trinajstić information content (AvgIpc) is 2.15. The van der Waals surface area contributed by atoms with Gasteiger partial charge in [-0.1, -0.05) is 0 Å². The van der Waals surface area contributed by atoms with E-state index in [9.17, 15) is 4.79 Å². The van der Waals surface area contributed by atoms with Crippen LogP contribution in [0.25, 0.3) is 0 Å². The van der Waals surface area contributed by atoms with Gasteiger partial charge in [-0.05, 0) is 41.9 Å². The molecule has 0 saturated heterocycles. The molecule has 0 spiro atoms. The number of anilines is 1. The number of carbonyl (C=O) groups is 1. The fourth-order valence-electron chi connectivity index (χ4n) is 1.73. The molecule has 0 radical (unpaired) electrons. The summed E-state index contributed by atoms with van der Waals surface area (Å²) in [4.78, 5) is 11.3. The maximum absolute atomic E-state index is 11.3. The smallest absolute Gasteiger partial charge is 0.412 e. The number of hydrogen-bond acceptors (Lipinski definition) is 3. The van der Waals surface area contributed by atoms with E-state index in [1.54, 1.807) is 7.11 Å². The van der Waals surface area contributed by atoms with E-state index in [2.05, 4.69) is 21.2 Å². The third kappa shape index (κ3) is 1.75. The van der Waals surface area contributed by atoms with E-state index < -0.39 is 11.7 Å². The zero-order valence-corrected chi connectivity index (χ0v) is 10.8. The third-order valence-electron chi connectivity index (χ3n) is 2.53. The van der Waals surface area contributed by atoms with Crippen LogP contribution in [-0.2, 0) is 10.3 Å². The van der Waals surface area contributed by atoms with Gasteiger partial charge in [0.1, 0.15) is 11.4 Å². The molecule has 1 N–H and O–H groups in total. The number of benzene rings is 1. The Hall–Kier alpha value is -1.23. The number of nitrogens with one attached hydrogen (secondary N) is 1. The molecule has 5 heteroatoms. The van der Waals surface area contributed by atoms with Crippen molar-refractivity contribution in [2.45, 2.75) is 19.4 Å². The second kappa shape index (κ2) is 3.66. The summed E-state index contributed by atoms with van der Waals surface area (Å²) in [6, 6.07) is 3.68. The van der Waals surface area contributed by atoms with E-state index >= 15 is 0 Å². The van der Waals surface area contributed by atoms with Gasteiger partial charge in [0.05, 0.1) is 17.3 Å². The lowest BCUT2D eigenvalue weighted by atomic mass is 9.94. The molecule has 1 amide bonds. The Labute approximate surface area is 102 Å². The molecule has 1 aliphatic rings. The molecule has 0 atom stereocenters. The van der Waals surface area contributed by atoms with Crippen LogP contribution in [0.15, 0.2) is 16.6 Å². The van der Waals surface area contributed by atoms with Crippen LogP contribution < -0.4 is 10.1 Å². The highest BCUT2D eigenvalue weighted by atomic mass is 79.9. The summed E-state index contributed by atoms with van der Waals surface area (Å²) in [5, 5.41) is 2.66. The van der Waals surface area contributed by atoms with Gasteiger partial charge in [-0.25, -0.2) is 4.79 Å². The quantitative estimate of drug-likeness (QED) is 0.862. The Morgan fingerprint density at radius 1 is 1.44 bits per heavy atom. The summed E-state index contributed by atoms with van der Waals surface area (Å²) in [6.45, 7) is 3.69. The lowest BCUT2D eigenvalue weighted by Crippen LogP contribution is -2.34. The number of cyclic esters (lactones) is 1. The highest BCUT2D eigenvalue weighted by molar-refractivity contribution is 9.10. The third-order valence-corrected chi connectivity index (χ3v) is 3.14. The van der Waals surface area contributed by atoms with Gasteiger partial charge in [-0.15, -0.1) is 0 Å². The van der Waals surface area contributed by atoms with E-state index in [-0.39, 0.29) is 0 Å². The second-order valence-corrected chi connectivity index (χ2v) is 4.91. The van der Waals surface area contributed by atoms with E-state index in [4.69, 9.17) is 9.47 Å². The molecule has 1 aromatic carbocycles. The molecule has 0 fully saturated rings. The Morgan fingerprint density at radius 3 is 2.75 bits per heavy atom. The SMILES string of the molecule is COc1cc2c(cc1Br)NC(=O)OC2(C)C. The summed E-state index contributed by atoms with van der Waals surface area (Å²) in [6.07, 6.45) is -0.436. The number of carbonyl (C=O) groups excluding carboxylic acids is 1. The van der Waals surface area contributed by atoms with Crippen molar-refractivity contribution in [2.24, 2.45) is 0 Å². The Bertz CT molecular complexity index is 457. The first-order chi connectivity index (χ1) is 7.44. The number of halogens is 1. The van der Waals surface area contributed by atoms with Crippen molar-refractivity contribution in [3.63, 3.8) is 0 Å². The second-order valence-electron chi connectivity index (χ2n) is 4.06. The molecule has 16 heavy (non-hydrogen) atoms. The van der Waals surface area contributed by atoms with Crippen LogP contribution in [-0.4, -0.2) is 13.2 Å².